The van der Waals surface area contributed by atoms with Gasteiger partial charge in [-0.25, -0.2) is 0 Å². The summed E-state index contributed by atoms with van der Waals surface area (Å²) in [6.45, 7) is 8.23. The van der Waals surface area contributed by atoms with Gasteiger partial charge in [0.1, 0.15) is 0 Å². The molecule has 2 aliphatic heterocycles. The van der Waals surface area contributed by atoms with Gasteiger partial charge in [0.15, 0.2) is 5.96 Å². The Hall–Kier alpha value is -0.950. The monoisotopic (exact) mass is 396 g/mol. The van der Waals surface area contributed by atoms with Crippen LogP contribution in [-0.4, -0.2) is 77.2 Å². The van der Waals surface area contributed by atoms with Crippen LogP contribution in [0.15, 0.2) is 29.3 Å². The normalized spacial score (nSPS) is 24.9. The summed E-state index contributed by atoms with van der Waals surface area (Å²) >= 11 is 7.90. The van der Waals surface area contributed by atoms with E-state index in [-0.39, 0.29) is 0 Å². The lowest BCUT2D eigenvalue weighted by Crippen LogP contribution is -2.52. The van der Waals surface area contributed by atoms with Crippen molar-refractivity contribution in [3.8, 4) is 0 Å². The Morgan fingerprint density at radius 3 is 2.81 bits per heavy atom. The number of guanidine groups is 1. The van der Waals surface area contributed by atoms with Crippen LogP contribution < -0.4 is 5.32 Å². The van der Waals surface area contributed by atoms with Gasteiger partial charge in [0.2, 0.25) is 0 Å². The van der Waals surface area contributed by atoms with Crippen molar-refractivity contribution in [1.29, 1.82) is 0 Å². The van der Waals surface area contributed by atoms with Crippen LogP contribution in [0, 0.1) is 0 Å². The third-order valence-corrected chi connectivity index (χ3v) is 6.38. The van der Waals surface area contributed by atoms with E-state index in [9.17, 15) is 5.11 Å². The summed E-state index contributed by atoms with van der Waals surface area (Å²) in [5.41, 5.74) is 0.632. The van der Waals surface area contributed by atoms with Crippen LogP contribution >= 0.6 is 23.4 Å². The molecular weight excluding hydrogens is 368 g/mol. The molecule has 0 amide bonds. The third kappa shape index (κ3) is 5.52. The van der Waals surface area contributed by atoms with Crippen molar-refractivity contribution < 1.29 is 5.11 Å². The highest BCUT2D eigenvalue weighted by Crippen LogP contribution is 2.28. The minimum absolute atomic E-state index is 0.491. The van der Waals surface area contributed by atoms with Gasteiger partial charge in [-0.1, -0.05) is 23.7 Å². The summed E-state index contributed by atoms with van der Waals surface area (Å²) in [7, 11) is 0. The zero-order valence-electron chi connectivity index (χ0n) is 15.5. The van der Waals surface area contributed by atoms with Crippen LogP contribution in [0.3, 0.4) is 0 Å². The molecule has 0 saturated carbocycles. The second-order valence-electron chi connectivity index (χ2n) is 7.09. The molecular formula is C19H29ClN4OS. The second-order valence-corrected chi connectivity index (χ2v) is 8.63. The van der Waals surface area contributed by atoms with Crippen molar-refractivity contribution in [2.75, 3.05) is 50.8 Å². The smallest absolute Gasteiger partial charge is 0.194 e. The Morgan fingerprint density at radius 2 is 2.15 bits per heavy atom. The first kappa shape index (κ1) is 19.8. The Labute approximate surface area is 165 Å². The van der Waals surface area contributed by atoms with Crippen molar-refractivity contribution in [3.05, 3.63) is 34.9 Å². The van der Waals surface area contributed by atoms with Gasteiger partial charge in [-0.2, -0.15) is 11.8 Å². The Bertz CT molecular complexity index is 613. The highest BCUT2D eigenvalue weighted by molar-refractivity contribution is 7.99. The lowest BCUT2D eigenvalue weighted by molar-refractivity contribution is 0.0773. The summed E-state index contributed by atoms with van der Waals surface area (Å²) < 4.78 is 0. The number of aliphatic hydroxyl groups is 1. The van der Waals surface area contributed by atoms with Gasteiger partial charge in [0.25, 0.3) is 0 Å². The van der Waals surface area contributed by atoms with E-state index >= 15 is 0 Å². The molecule has 1 aromatic rings. The quantitative estimate of drug-likeness (QED) is 0.590. The van der Waals surface area contributed by atoms with Crippen LogP contribution in [0.4, 0.5) is 0 Å². The van der Waals surface area contributed by atoms with Gasteiger partial charge < -0.3 is 15.3 Å². The number of aliphatic imine (C=N–C) groups is 1. The fourth-order valence-corrected chi connectivity index (χ4v) is 4.88. The summed E-state index contributed by atoms with van der Waals surface area (Å²) in [5, 5.41) is 14.7. The predicted molar refractivity (Wildman–Crippen MR) is 111 cm³/mol. The van der Waals surface area contributed by atoms with Crippen LogP contribution in [0.25, 0.3) is 0 Å². The Kier molecular flexibility index (Phi) is 7.09. The summed E-state index contributed by atoms with van der Waals surface area (Å²) in [6, 6.07) is 8.10. The molecule has 2 N–H and O–H groups in total. The van der Waals surface area contributed by atoms with E-state index in [0.29, 0.717) is 6.54 Å². The van der Waals surface area contributed by atoms with E-state index in [1.807, 2.05) is 30.0 Å². The molecule has 2 saturated heterocycles. The SMILES string of the molecule is CCNC(=NCC1(O)CCSC1)N1CCN(Cc2cccc(Cl)c2)CC1. The maximum absolute atomic E-state index is 10.5. The van der Waals surface area contributed by atoms with E-state index in [0.717, 1.165) is 68.2 Å². The first-order valence-electron chi connectivity index (χ1n) is 9.38. The summed E-state index contributed by atoms with van der Waals surface area (Å²) in [4.78, 5) is 9.50. The van der Waals surface area contributed by atoms with Crippen molar-refractivity contribution in [3.63, 3.8) is 0 Å². The van der Waals surface area contributed by atoms with Crippen LogP contribution in [0.1, 0.15) is 18.9 Å². The van der Waals surface area contributed by atoms with Crippen LogP contribution in [0.5, 0.6) is 0 Å². The predicted octanol–water partition coefficient (Wildman–Crippen LogP) is 2.29. The van der Waals surface area contributed by atoms with E-state index in [2.05, 4.69) is 28.1 Å². The molecule has 3 rings (SSSR count). The van der Waals surface area contributed by atoms with Gasteiger partial charge in [0.05, 0.1) is 12.1 Å². The Balaban J connectivity index is 1.54. The minimum Gasteiger partial charge on any atom is -0.387 e. The fourth-order valence-electron chi connectivity index (χ4n) is 3.38. The lowest BCUT2D eigenvalue weighted by atomic mass is 10.0. The standard InChI is InChI=1S/C19H29ClN4OS/c1-2-21-18(22-14-19(25)6-11-26-15-19)24-9-7-23(8-10-24)13-16-4-3-5-17(20)12-16/h3-5,12,25H,2,6-11,13-15H2,1H3,(H,21,22). The summed E-state index contributed by atoms with van der Waals surface area (Å²) in [6.07, 6.45) is 0.841. The molecule has 2 fully saturated rings. The van der Waals surface area contributed by atoms with Gasteiger partial charge in [-0.3, -0.25) is 9.89 Å². The van der Waals surface area contributed by atoms with Crippen molar-refractivity contribution >= 4 is 29.3 Å². The number of piperazine rings is 1. The molecule has 2 heterocycles. The number of benzene rings is 1. The highest BCUT2D eigenvalue weighted by atomic mass is 35.5. The topological polar surface area (TPSA) is 51.1 Å². The maximum atomic E-state index is 10.5. The van der Waals surface area contributed by atoms with Gasteiger partial charge in [-0.15, -0.1) is 0 Å². The van der Waals surface area contributed by atoms with E-state index in [4.69, 9.17) is 16.6 Å². The summed E-state index contributed by atoms with van der Waals surface area (Å²) in [5.74, 6) is 2.76. The molecule has 0 aliphatic carbocycles. The number of halogens is 1. The largest absolute Gasteiger partial charge is 0.387 e. The van der Waals surface area contributed by atoms with Gasteiger partial charge in [-0.05, 0) is 36.8 Å². The first-order chi connectivity index (χ1) is 12.6. The van der Waals surface area contributed by atoms with Crippen LogP contribution in [0.2, 0.25) is 5.02 Å². The molecule has 1 aromatic carbocycles. The molecule has 0 radical (unpaired) electrons. The number of nitrogens with zero attached hydrogens (tertiary/aromatic N) is 3. The van der Waals surface area contributed by atoms with Crippen LogP contribution in [-0.2, 0) is 6.54 Å². The number of nitrogens with one attached hydrogen (secondary N) is 1. The van der Waals surface area contributed by atoms with Gasteiger partial charge in [0, 0.05) is 50.0 Å². The number of hydrogen-bond donors (Lipinski definition) is 2. The van der Waals surface area contributed by atoms with E-state index < -0.39 is 5.60 Å². The van der Waals surface area contributed by atoms with Crippen molar-refractivity contribution in [2.24, 2.45) is 4.99 Å². The number of rotatable bonds is 5. The average molecular weight is 397 g/mol. The molecule has 1 atom stereocenters. The zero-order valence-corrected chi connectivity index (χ0v) is 17.0. The fraction of sp³-hybridized carbons (Fsp3) is 0.632. The highest BCUT2D eigenvalue weighted by Gasteiger charge is 2.32. The van der Waals surface area contributed by atoms with E-state index in [1.54, 1.807) is 0 Å². The minimum atomic E-state index is -0.625. The van der Waals surface area contributed by atoms with Crippen molar-refractivity contribution in [2.45, 2.75) is 25.5 Å². The Morgan fingerprint density at radius 1 is 1.35 bits per heavy atom. The van der Waals surface area contributed by atoms with Gasteiger partial charge >= 0.3 is 0 Å². The lowest BCUT2D eigenvalue weighted by Gasteiger charge is -2.37. The second kappa shape index (κ2) is 9.31. The molecule has 26 heavy (non-hydrogen) atoms. The molecule has 5 nitrogen and oxygen atoms in total. The molecule has 0 aromatic heterocycles. The number of thioether (sulfide) groups is 1. The molecule has 7 heteroatoms. The molecule has 1 unspecified atom stereocenters. The molecule has 144 valence electrons. The molecule has 2 aliphatic rings. The third-order valence-electron chi connectivity index (χ3n) is 4.91. The van der Waals surface area contributed by atoms with E-state index in [1.165, 1.54) is 5.56 Å². The maximum Gasteiger partial charge on any atom is 0.194 e. The number of hydrogen-bond acceptors (Lipinski definition) is 4. The van der Waals surface area contributed by atoms with Crippen molar-refractivity contribution in [1.82, 2.24) is 15.1 Å². The first-order valence-corrected chi connectivity index (χ1v) is 10.9. The molecule has 0 spiro atoms. The molecule has 0 bridgehead atoms. The zero-order chi connectivity index (χ0) is 18.4. The average Bonchev–Trinajstić information content (AvgIpc) is 3.06.